The Labute approximate surface area is 138 Å². The first kappa shape index (κ1) is 17.2. The van der Waals surface area contributed by atoms with Crippen LogP contribution in [0.3, 0.4) is 0 Å². The van der Waals surface area contributed by atoms with Crippen LogP contribution in [-0.4, -0.2) is 27.2 Å². The van der Waals surface area contributed by atoms with Crippen LogP contribution in [0.1, 0.15) is 0 Å². The molecule has 1 N–H and O–H groups in total. The van der Waals surface area contributed by atoms with Crippen molar-refractivity contribution in [3.05, 3.63) is 53.3 Å². The summed E-state index contributed by atoms with van der Waals surface area (Å²) in [4.78, 5) is 11.7. The highest BCUT2D eigenvalue weighted by molar-refractivity contribution is 7.90. The molecule has 2 aromatic rings. The van der Waals surface area contributed by atoms with Gasteiger partial charge >= 0.3 is 0 Å². The second kappa shape index (κ2) is 6.97. The van der Waals surface area contributed by atoms with Gasteiger partial charge in [-0.15, -0.1) is 0 Å². The van der Waals surface area contributed by atoms with Crippen molar-refractivity contribution in [1.29, 1.82) is 0 Å². The number of benzene rings is 2. The van der Waals surface area contributed by atoms with E-state index < -0.39 is 28.2 Å². The Morgan fingerprint density at radius 1 is 1.26 bits per heavy atom. The summed E-state index contributed by atoms with van der Waals surface area (Å²) in [6, 6.07) is 9.74. The van der Waals surface area contributed by atoms with Crippen molar-refractivity contribution in [3.63, 3.8) is 0 Å². The summed E-state index contributed by atoms with van der Waals surface area (Å²) >= 11 is 5.88. The summed E-state index contributed by atoms with van der Waals surface area (Å²) in [6.07, 6.45) is 0.992. The van der Waals surface area contributed by atoms with E-state index in [4.69, 9.17) is 16.3 Å². The molecule has 0 saturated carbocycles. The summed E-state index contributed by atoms with van der Waals surface area (Å²) in [7, 11) is -3.51. The molecule has 23 heavy (non-hydrogen) atoms. The first-order valence-corrected chi connectivity index (χ1v) is 8.71. The minimum atomic E-state index is -3.51. The fourth-order valence-electron chi connectivity index (χ4n) is 1.72. The Morgan fingerprint density at radius 2 is 1.96 bits per heavy atom. The first-order chi connectivity index (χ1) is 10.8. The molecule has 0 fully saturated rings. The van der Waals surface area contributed by atoms with Crippen molar-refractivity contribution >= 4 is 33.0 Å². The highest BCUT2D eigenvalue weighted by Gasteiger charge is 2.13. The molecule has 0 saturated heterocycles. The van der Waals surface area contributed by atoms with Gasteiger partial charge in [-0.3, -0.25) is 4.79 Å². The Morgan fingerprint density at radius 3 is 2.61 bits per heavy atom. The smallest absolute Gasteiger partial charge is 0.262 e. The van der Waals surface area contributed by atoms with Crippen LogP contribution in [0.5, 0.6) is 5.75 Å². The molecule has 0 radical (unpaired) electrons. The topological polar surface area (TPSA) is 72.5 Å². The zero-order valence-corrected chi connectivity index (χ0v) is 13.6. The zero-order valence-electron chi connectivity index (χ0n) is 12.0. The summed E-state index contributed by atoms with van der Waals surface area (Å²) in [5, 5.41) is 2.60. The van der Waals surface area contributed by atoms with E-state index >= 15 is 0 Å². The molecule has 0 heterocycles. The fraction of sp³-hybridized carbons (Fsp3) is 0.133. The molecule has 0 aromatic heterocycles. The van der Waals surface area contributed by atoms with Gasteiger partial charge in [-0.2, -0.15) is 0 Å². The highest BCUT2D eigenvalue weighted by Crippen LogP contribution is 2.23. The third-order valence-corrected chi connectivity index (χ3v) is 4.26. The lowest BCUT2D eigenvalue weighted by molar-refractivity contribution is -0.118. The minimum Gasteiger partial charge on any atom is -0.482 e. The number of sulfone groups is 1. The number of halogens is 2. The molecule has 0 aliphatic rings. The van der Waals surface area contributed by atoms with Crippen LogP contribution >= 0.6 is 11.6 Å². The number of carbonyl (C=O) groups is 1. The van der Waals surface area contributed by atoms with Crippen molar-refractivity contribution in [2.45, 2.75) is 4.90 Å². The van der Waals surface area contributed by atoms with Gasteiger partial charge in [0.1, 0.15) is 11.6 Å². The number of ether oxygens (including phenoxy) is 1. The van der Waals surface area contributed by atoms with Gasteiger partial charge in [0.05, 0.1) is 15.6 Å². The molecular weight excluding hydrogens is 345 g/mol. The van der Waals surface area contributed by atoms with E-state index in [-0.39, 0.29) is 10.6 Å². The third-order valence-electron chi connectivity index (χ3n) is 2.84. The van der Waals surface area contributed by atoms with Crippen LogP contribution < -0.4 is 10.1 Å². The first-order valence-electron chi connectivity index (χ1n) is 6.44. The lowest BCUT2D eigenvalue weighted by Crippen LogP contribution is -2.21. The van der Waals surface area contributed by atoms with E-state index in [1.54, 1.807) is 24.3 Å². The Kier molecular flexibility index (Phi) is 5.23. The van der Waals surface area contributed by atoms with Gasteiger partial charge in [0.2, 0.25) is 0 Å². The summed E-state index contributed by atoms with van der Waals surface area (Å²) < 4.78 is 41.8. The van der Waals surface area contributed by atoms with Crippen LogP contribution in [0.15, 0.2) is 47.4 Å². The van der Waals surface area contributed by atoms with Crippen LogP contribution in [0.2, 0.25) is 5.02 Å². The quantitative estimate of drug-likeness (QED) is 0.835. The fourth-order valence-corrected chi connectivity index (χ4v) is 2.56. The Balaban J connectivity index is 2.07. The third kappa shape index (κ3) is 4.67. The molecule has 0 spiro atoms. The predicted molar refractivity (Wildman–Crippen MR) is 85.1 cm³/mol. The van der Waals surface area contributed by atoms with E-state index in [2.05, 4.69) is 5.32 Å². The second-order valence-electron chi connectivity index (χ2n) is 4.68. The number of carbonyl (C=O) groups excluding carboxylic acids is 1. The van der Waals surface area contributed by atoms with Crippen LogP contribution in [0.4, 0.5) is 10.1 Å². The van der Waals surface area contributed by atoms with Crippen LogP contribution in [-0.2, 0) is 14.6 Å². The number of nitrogens with one attached hydrogen (secondary N) is 1. The summed E-state index contributed by atoms with van der Waals surface area (Å²) in [5.74, 6) is -1.08. The molecule has 0 atom stereocenters. The molecule has 5 nitrogen and oxygen atoms in total. The number of hydrogen-bond acceptors (Lipinski definition) is 4. The lowest BCUT2D eigenvalue weighted by Gasteiger charge is -2.10. The van der Waals surface area contributed by atoms with Gasteiger partial charge in [0, 0.05) is 6.26 Å². The normalized spacial score (nSPS) is 11.1. The molecule has 2 rings (SSSR count). The van der Waals surface area contributed by atoms with Gasteiger partial charge in [-0.25, -0.2) is 12.8 Å². The van der Waals surface area contributed by atoms with Crippen molar-refractivity contribution in [3.8, 4) is 5.75 Å². The molecule has 0 aliphatic heterocycles. The van der Waals surface area contributed by atoms with Gasteiger partial charge in [-0.05, 0) is 30.3 Å². The van der Waals surface area contributed by atoms with Crippen molar-refractivity contribution in [1.82, 2.24) is 0 Å². The van der Waals surface area contributed by atoms with Crippen molar-refractivity contribution in [2.24, 2.45) is 0 Å². The molecule has 2 aromatic carbocycles. The molecule has 1 amide bonds. The van der Waals surface area contributed by atoms with E-state index in [0.717, 1.165) is 24.5 Å². The maximum atomic E-state index is 13.7. The lowest BCUT2D eigenvalue weighted by atomic mass is 10.3. The summed E-state index contributed by atoms with van der Waals surface area (Å²) in [5.41, 5.74) is -0.235. The SMILES string of the molecule is CS(=O)(=O)c1ccc(F)c(NC(=O)COc2ccccc2Cl)c1. The second-order valence-corrected chi connectivity index (χ2v) is 7.10. The molecule has 0 aliphatic carbocycles. The van der Waals surface area contributed by atoms with E-state index in [9.17, 15) is 17.6 Å². The van der Waals surface area contributed by atoms with Gasteiger partial charge in [0.25, 0.3) is 5.91 Å². The monoisotopic (exact) mass is 357 g/mol. The number of rotatable bonds is 5. The van der Waals surface area contributed by atoms with Crippen LogP contribution in [0, 0.1) is 5.82 Å². The highest BCUT2D eigenvalue weighted by atomic mass is 35.5. The maximum Gasteiger partial charge on any atom is 0.262 e. The Bertz CT molecular complexity index is 839. The maximum absolute atomic E-state index is 13.7. The predicted octanol–water partition coefficient (Wildman–Crippen LogP) is 2.90. The largest absolute Gasteiger partial charge is 0.482 e. The molecule has 122 valence electrons. The van der Waals surface area contributed by atoms with Crippen molar-refractivity contribution in [2.75, 3.05) is 18.2 Å². The van der Waals surface area contributed by atoms with E-state index in [1.165, 1.54) is 0 Å². The van der Waals surface area contributed by atoms with E-state index in [0.29, 0.717) is 10.8 Å². The van der Waals surface area contributed by atoms with Crippen molar-refractivity contribution < 1.29 is 22.3 Å². The molecule has 8 heteroatoms. The number of para-hydroxylation sites is 1. The van der Waals surface area contributed by atoms with Crippen LogP contribution in [0.25, 0.3) is 0 Å². The number of anilines is 1. The van der Waals surface area contributed by atoms with Gasteiger partial charge in [0.15, 0.2) is 16.4 Å². The standard InChI is InChI=1S/C15H13ClFNO4S/c1-23(20,21)10-6-7-12(17)13(8-10)18-15(19)9-22-14-5-3-2-4-11(14)16/h2-8H,9H2,1H3,(H,18,19). The van der Waals surface area contributed by atoms with E-state index in [1.807, 2.05) is 0 Å². The average molecular weight is 358 g/mol. The average Bonchev–Trinajstić information content (AvgIpc) is 2.47. The molecular formula is C15H13ClFNO4S. The Hall–Kier alpha value is -2.12. The number of amides is 1. The molecule has 0 bridgehead atoms. The summed E-state index contributed by atoms with van der Waals surface area (Å²) in [6.45, 7) is -0.397. The zero-order chi connectivity index (χ0) is 17.0. The van der Waals surface area contributed by atoms with Gasteiger partial charge in [-0.1, -0.05) is 23.7 Å². The van der Waals surface area contributed by atoms with Gasteiger partial charge < -0.3 is 10.1 Å². The number of hydrogen-bond donors (Lipinski definition) is 1. The molecule has 0 unspecified atom stereocenters. The minimum absolute atomic E-state index is 0.0961.